The number of hydrogen-bond acceptors (Lipinski definition) is 4. The summed E-state index contributed by atoms with van der Waals surface area (Å²) in [5.74, 6) is -0.0654. The lowest BCUT2D eigenvalue weighted by Crippen LogP contribution is -2.42. The van der Waals surface area contributed by atoms with Gasteiger partial charge < -0.3 is 5.32 Å². The van der Waals surface area contributed by atoms with Crippen molar-refractivity contribution < 1.29 is 4.79 Å². The summed E-state index contributed by atoms with van der Waals surface area (Å²) in [4.78, 5) is 13.8. The van der Waals surface area contributed by atoms with Crippen LogP contribution in [-0.4, -0.2) is 23.9 Å². The van der Waals surface area contributed by atoms with Gasteiger partial charge in [-0.15, -0.1) is 0 Å². The molecule has 0 saturated carbocycles. The van der Waals surface area contributed by atoms with Gasteiger partial charge in [0, 0.05) is 18.8 Å². The molecule has 4 rings (SSSR count). The predicted octanol–water partition coefficient (Wildman–Crippen LogP) is 2.89. The number of fused-ring (bicyclic) bond motifs is 1. The number of likely N-dealkylation sites (tertiary alicyclic amines) is 1. The van der Waals surface area contributed by atoms with Crippen molar-refractivity contribution in [3.63, 3.8) is 0 Å². The summed E-state index contributed by atoms with van der Waals surface area (Å²) in [5, 5.41) is 21.4. The number of carbonyl (C=O) groups is 1. The van der Waals surface area contributed by atoms with E-state index in [1.165, 1.54) is 4.90 Å². The number of benzene rings is 2. The molecule has 1 fully saturated rings. The summed E-state index contributed by atoms with van der Waals surface area (Å²) in [6.07, 6.45) is 3.36. The van der Waals surface area contributed by atoms with Crippen LogP contribution >= 0.6 is 0 Å². The average Bonchev–Trinajstić information content (AvgIpc) is 2.97. The van der Waals surface area contributed by atoms with Crippen molar-refractivity contribution in [2.24, 2.45) is 5.41 Å². The molecule has 1 amide bonds. The molecule has 1 atom stereocenters. The minimum absolute atomic E-state index is 0.0654. The zero-order valence-corrected chi connectivity index (χ0v) is 13.6. The van der Waals surface area contributed by atoms with Gasteiger partial charge in [-0.05, 0) is 47.7 Å². The highest BCUT2D eigenvalue weighted by Gasteiger charge is 2.48. The van der Waals surface area contributed by atoms with Crippen LogP contribution in [0.4, 0.5) is 5.69 Å². The van der Waals surface area contributed by atoms with E-state index in [1.807, 2.05) is 36.5 Å². The van der Waals surface area contributed by atoms with Gasteiger partial charge in [0.1, 0.15) is 0 Å². The highest BCUT2D eigenvalue weighted by atomic mass is 16.2. The van der Waals surface area contributed by atoms with Crippen molar-refractivity contribution >= 4 is 11.6 Å². The molecule has 2 aliphatic rings. The first-order chi connectivity index (χ1) is 12.1. The largest absolute Gasteiger partial charge is 0.384 e. The molecule has 5 heteroatoms. The fraction of sp³-hybridized carbons (Fsp3) is 0.250. The van der Waals surface area contributed by atoms with Crippen LogP contribution in [0.15, 0.2) is 42.5 Å². The first-order valence-corrected chi connectivity index (χ1v) is 8.24. The molecule has 1 spiro atoms. The topological polar surface area (TPSA) is 79.9 Å². The molecule has 0 aliphatic carbocycles. The first kappa shape index (κ1) is 15.2. The third kappa shape index (κ3) is 2.42. The Bertz CT molecular complexity index is 936. The van der Waals surface area contributed by atoms with Crippen molar-refractivity contribution in [3.8, 4) is 23.4 Å². The van der Waals surface area contributed by atoms with Crippen LogP contribution < -0.4 is 5.32 Å². The van der Waals surface area contributed by atoms with Gasteiger partial charge in [0.05, 0.1) is 17.0 Å². The molecular weight excluding hydrogens is 312 g/mol. The average molecular weight is 328 g/mol. The number of nitrogens with zero attached hydrogens (tertiary/aromatic N) is 3. The van der Waals surface area contributed by atoms with Crippen molar-refractivity contribution in [3.05, 3.63) is 53.6 Å². The summed E-state index contributed by atoms with van der Waals surface area (Å²) < 4.78 is 0. The minimum Gasteiger partial charge on any atom is -0.384 e. The highest BCUT2D eigenvalue weighted by Crippen LogP contribution is 2.41. The summed E-state index contributed by atoms with van der Waals surface area (Å²) in [6, 6.07) is 15.8. The van der Waals surface area contributed by atoms with E-state index < -0.39 is 5.41 Å². The summed E-state index contributed by atoms with van der Waals surface area (Å²) in [6.45, 7) is 1.07. The van der Waals surface area contributed by atoms with Gasteiger partial charge in [-0.3, -0.25) is 4.79 Å². The fourth-order valence-corrected chi connectivity index (χ4v) is 3.75. The number of rotatable bonds is 1. The lowest BCUT2D eigenvalue weighted by atomic mass is 9.77. The van der Waals surface area contributed by atoms with Crippen LogP contribution in [0.1, 0.15) is 17.5 Å². The number of hydrogen-bond donors (Lipinski definition) is 1. The summed E-state index contributed by atoms with van der Waals surface area (Å²) >= 11 is 0. The van der Waals surface area contributed by atoms with E-state index in [2.05, 4.69) is 23.5 Å². The van der Waals surface area contributed by atoms with Crippen molar-refractivity contribution in [1.82, 2.24) is 4.90 Å². The Balaban J connectivity index is 1.63. The Morgan fingerprint density at radius 2 is 1.84 bits per heavy atom. The maximum atomic E-state index is 12.5. The molecule has 122 valence electrons. The molecule has 0 bridgehead atoms. The van der Waals surface area contributed by atoms with Crippen LogP contribution in [0.25, 0.3) is 11.1 Å². The Morgan fingerprint density at radius 3 is 2.52 bits per heavy atom. The van der Waals surface area contributed by atoms with E-state index in [-0.39, 0.29) is 5.91 Å². The van der Waals surface area contributed by atoms with E-state index in [9.17, 15) is 4.79 Å². The number of nitrogens with one attached hydrogen (secondary N) is 1. The molecule has 2 aromatic rings. The predicted molar refractivity (Wildman–Crippen MR) is 93.2 cm³/mol. The molecule has 2 heterocycles. The lowest BCUT2D eigenvalue weighted by Gasteiger charge is -2.33. The van der Waals surface area contributed by atoms with E-state index in [4.69, 9.17) is 10.5 Å². The zero-order valence-electron chi connectivity index (χ0n) is 13.6. The van der Waals surface area contributed by atoms with Crippen LogP contribution in [0.5, 0.6) is 0 Å². The number of amides is 1. The second-order valence-electron chi connectivity index (χ2n) is 6.68. The Morgan fingerprint density at radius 1 is 1.08 bits per heavy atom. The van der Waals surface area contributed by atoms with Gasteiger partial charge in [-0.1, -0.05) is 24.3 Å². The van der Waals surface area contributed by atoms with Gasteiger partial charge in [-0.2, -0.15) is 10.5 Å². The van der Waals surface area contributed by atoms with E-state index in [0.717, 1.165) is 22.4 Å². The number of nitriles is 2. The molecule has 5 nitrogen and oxygen atoms in total. The van der Waals surface area contributed by atoms with Gasteiger partial charge in [0.15, 0.2) is 6.19 Å². The smallest absolute Gasteiger partial charge is 0.243 e. The molecule has 1 saturated heterocycles. The normalized spacial score (nSPS) is 21.4. The third-order valence-corrected chi connectivity index (χ3v) is 5.24. The second-order valence-corrected chi connectivity index (χ2v) is 6.68. The van der Waals surface area contributed by atoms with Crippen LogP contribution in [0, 0.1) is 28.2 Å². The van der Waals surface area contributed by atoms with E-state index >= 15 is 0 Å². The minimum atomic E-state index is -0.487. The molecule has 1 N–H and O–H groups in total. The lowest BCUT2D eigenvalue weighted by molar-refractivity contribution is -0.133. The standard InChI is InChI=1S/C20H16N4O/c21-11-14-1-3-15(4-2-14)16-5-6-17-10-20(12-23-18(17)9-16)7-8-24(13-22)19(20)25/h1-6,9,23H,7-8,10,12H2. The second kappa shape index (κ2) is 5.65. The van der Waals surface area contributed by atoms with Gasteiger partial charge in [0.2, 0.25) is 5.91 Å². The number of anilines is 1. The van der Waals surface area contributed by atoms with Crippen LogP contribution in [-0.2, 0) is 11.2 Å². The van der Waals surface area contributed by atoms with Crippen molar-refractivity contribution in [2.75, 3.05) is 18.4 Å². The maximum absolute atomic E-state index is 12.5. The number of carbonyl (C=O) groups excluding carboxylic acids is 1. The van der Waals surface area contributed by atoms with Gasteiger partial charge in [0.25, 0.3) is 0 Å². The monoisotopic (exact) mass is 328 g/mol. The molecular formula is C20H16N4O. The van der Waals surface area contributed by atoms with Crippen LogP contribution in [0.2, 0.25) is 0 Å². The summed E-state index contributed by atoms with van der Waals surface area (Å²) in [5.41, 5.74) is 4.43. The van der Waals surface area contributed by atoms with Gasteiger partial charge in [-0.25, -0.2) is 4.90 Å². The summed E-state index contributed by atoms with van der Waals surface area (Å²) in [7, 11) is 0. The molecule has 1 unspecified atom stereocenters. The first-order valence-electron chi connectivity index (χ1n) is 8.24. The molecule has 2 aromatic carbocycles. The van der Waals surface area contributed by atoms with E-state index in [1.54, 1.807) is 0 Å². The highest BCUT2D eigenvalue weighted by molar-refractivity contribution is 5.88. The van der Waals surface area contributed by atoms with Crippen LogP contribution in [0.3, 0.4) is 0 Å². The fourth-order valence-electron chi connectivity index (χ4n) is 3.75. The van der Waals surface area contributed by atoms with E-state index in [0.29, 0.717) is 31.5 Å². The van der Waals surface area contributed by atoms with Crippen molar-refractivity contribution in [1.29, 1.82) is 10.5 Å². The SMILES string of the molecule is N#Cc1ccc(-c2ccc3c(c2)NCC2(CCN(C#N)C2=O)C3)cc1. The molecule has 0 radical (unpaired) electrons. The Labute approximate surface area is 146 Å². The Kier molecular flexibility index (Phi) is 3.44. The van der Waals surface area contributed by atoms with Crippen molar-refractivity contribution in [2.45, 2.75) is 12.8 Å². The molecule has 25 heavy (non-hydrogen) atoms. The third-order valence-electron chi connectivity index (χ3n) is 5.24. The molecule has 0 aromatic heterocycles. The molecule has 2 aliphatic heterocycles. The Hall–Kier alpha value is -3.31. The quantitative estimate of drug-likeness (QED) is 0.816. The maximum Gasteiger partial charge on any atom is 0.243 e. The zero-order chi connectivity index (χ0) is 17.4. The van der Waals surface area contributed by atoms with Gasteiger partial charge >= 0.3 is 0 Å².